The number of tetrazole rings is 1. The number of fused-ring (bicyclic) bond motifs is 1. The third kappa shape index (κ3) is 6.13. The summed E-state index contributed by atoms with van der Waals surface area (Å²) in [6.45, 7) is 3.02. The fraction of sp³-hybridized carbons (Fsp3) is 0.300. The van der Waals surface area contributed by atoms with E-state index >= 15 is 0 Å². The van der Waals surface area contributed by atoms with Crippen molar-refractivity contribution in [3.05, 3.63) is 35.0 Å². The minimum atomic E-state index is -1.33. The van der Waals surface area contributed by atoms with E-state index in [0.717, 1.165) is 32.7 Å². The summed E-state index contributed by atoms with van der Waals surface area (Å²) < 4.78 is 1.06. The van der Waals surface area contributed by atoms with E-state index in [1.165, 1.54) is 23.2 Å². The van der Waals surface area contributed by atoms with E-state index < -0.39 is 41.7 Å². The monoisotopic (exact) mass is 609 g/mol. The summed E-state index contributed by atoms with van der Waals surface area (Å²) >= 11 is 3.32. The Bertz CT molecular complexity index is 1420. The van der Waals surface area contributed by atoms with Crippen molar-refractivity contribution in [2.24, 2.45) is 5.16 Å². The van der Waals surface area contributed by atoms with Crippen LogP contribution < -0.4 is 10.6 Å². The molecular formula is C20H19N9O8S3. The number of anilines is 1. The summed E-state index contributed by atoms with van der Waals surface area (Å²) in [5.41, 5.74) is 0.0107. The Morgan fingerprint density at radius 2 is 2.15 bits per heavy atom. The van der Waals surface area contributed by atoms with Crippen LogP contribution in [0.5, 0.6) is 0 Å². The van der Waals surface area contributed by atoms with Gasteiger partial charge in [-0.25, -0.2) is 14.5 Å². The highest BCUT2D eigenvalue weighted by molar-refractivity contribution is 8.01. The molecule has 0 spiro atoms. The van der Waals surface area contributed by atoms with Crippen molar-refractivity contribution in [1.29, 1.82) is 0 Å². The van der Waals surface area contributed by atoms with Gasteiger partial charge < -0.3 is 25.7 Å². The first-order valence-electron chi connectivity index (χ1n) is 11.0. The molecule has 1 saturated heterocycles. The molecular weight excluding hydrogens is 590 g/mol. The van der Waals surface area contributed by atoms with Crippen LogP contribution in [0.2, 0.25) is 0 Å². The first-order valence-corrected chi connectivity index (χ1v) is 13.9. The highest BCUT2D eigenvalue weighted by atomic mass is 32.2. The molecule has 2 atom stereocenters. The summed E-state index contributed by atoms with van der Waals surface area (Å²) in [7, 11) is 0. The van der Waals surface area contributed by atoms with Gasteiger partial charge in [-0.3, -0.25) is 24.1 Å². The predicted molar refractivity (Wildman–Crippen MR) is 140 cm³/mol. The zero-order valence-corrected chi connectivity index (χ0v) is 22.6. The molecule has 2 aromatic heterocycles. The number of thiazole rings is 1. The van der Waals surface area contributed by atoms with Crippen LogP contribution in [-0.2, 0) is 35.4 Å². The van der Waals surface area contributed by atoms with E-state index in [9.17, 15) is 29.1 Å². The highest BCUT2D eigenvalue weighted by Gasteiger charge is 2.54. The summed E-state index contributed by atoms with van der Waals surface area (Å²) in [6.07, 6.45) is 1.83. The number of nitrogens with zero attached hydrogens (tertiary/aromatic N) is 7. The molecule has 2 aliphatic rings. The standard InChI is InChI=1S/C20H19N9O8S3/c1-2-3-37-25-12(10-7-39-19(22-10)21-8-30)15(33)23-13-16(34)29-14(18(35)36)9(5-38-17(13)29)6-40-20-24-26-27-28(20)4-11(31)32/h2,7-8,13,17H,1,3-6H2,(H,23,33)(H,31,32)(H,35,36)(H,21,22,30)/t13?,17-/m0/s1. The minimum Gasteiger partial charge on any atom is -0.480 e. The van der Waals surface area contributed by atoms with Crippen molar-refractivity contribution in [3.63, 3.8) is 0 Å². The molecule has 0 aromatic carbocycles. The van der Waals surface area contributed by atoms with Crippen LogP contribution in [-0.4, -0.2) is 106 Å². The molecule has 40 heavy (non-hydrogen) atoms. The minimum absolute atomic E-state index is 0.00872. The maximum Gasteiger partial charge on any atom is 0.352 e. The molecule has 17 nitrogen and oxygen atoms in total. The molecule has 4 N–H and O–H groups in total. The van der Waals surface area contributed by atoms with Gasteiger partial charge in [0.2, 0.25) is 11.6 Å². The molecule has 210 valence electrons. The van der Waals surface area contributed by atoms with E-state index in [1.807, 2.05) is 0 Å². The molecule has 4 heterocycles. The number of carbonyl (C=O) groups is 5. The lowest BCUT2D eigenvalue weighted by molar-refractivity contribution is -0.150. The van der Waals surface area contributed by atoms with Crippen molar-refractivity contribution in [1.82, 2.24) is 35.4 Å². The average Bonchev–Trinajstić information content (AvgIpc) is 3.56. The third-order valence-corrected chi connectivity index (χ3v) is 8.35. The van der Waals surface area contributed by atoms with Crippen LogP contribution in [0.4, 0.5) is 5.13 Å². The Labute approximate surface area is 236 Å². The molecule has 0 aliphatic carbocycles. The van der Waals surface area contributed by atoms with Crippen LogP contribution >= 0.6 is 34.9 Å². The van der Waals surface area contributed by atoms with Crippen LogP contribution in [0.1, 0.15) is 5.69 Å². The van der Waals surface area contributed by atoms with Crippen molar-refractivity contribution >= 4 is 75.9 Å². The van der Waals surface area contributed by atoms with Gasteiger partial charge in [-0.15, -0.1) is 28.2 Å². The summed E-state index contributed by atoms with van der Waals surface area (Å²) in [6, 6.07) is -1.06. The van der Waals surface area contributed by atoms with Gasteiger partial charge >= 0.3 is 11.9 Å². The Balaban J connectivity index is 1.48. The average molecular weight is 610 g/mol. The fourth-order valence-corrected chi connectivity index (χ4v) is 6.56. The van der Waals surface area contributed by atoms with Gasteiger partial charge in [0.15, 0.2) is 10.8 Å². The second kappa shape index (κ2) is 12.7. The molecule has 2 aliphatic heterocycles. The number of carboxylic acids is 2. The zero-order valence-electron chi connectivity index (χ0n) is 20.1. The van der Waals surface area contributed by atoms with E-state index in [0.29, 0.717) is 12.0 Å². The molecule has 3 amide bonds. The smallest absolute Gasteiger partial charge is 0.352 e. The fourth-order valence-electron chi connectivity index (χ4n) is 3.54. The molecule has 0 bridgehead atoms. The van der Waals surface area contributed by atoms with Crippen molar-refractivity contribution in [3.8, 4) is 0 Å². The van der Waals surface area contributed by atoms with Crippen LogP contribution in [0, 0.1) is 0 Å². The normalized spacial score (nSPS) is 18.4. The number of carbonyl (C=O) groups excluding carboxylic acids is 3. The van der Waals surface area contributed by atoms with Crippen molar-refractivity contribution in [2.75, 3.05) is 23.4 Å². The number of hydrogen-bond donors (Lipinski definition) is 4. The molecule has 20 heteroatoms. The molecule has 2 aromatic rings. The van der Waals surface area contributed by atoms with Crippen LogP contribution in [0.25, 0.3) is 0 Å². The Morgan fingerprint density at radius 1 is 1.35 bits per heavy atom. The van der Waals surface area contributed by atoms with Gasteiger partial charge in [-0.05, 0) is 16.0 Å². The number of β-lactam (4-membered cyclic amide) rings is 1. The number of aliphatic carboxylic acids is 2. The number of thioether (sulfide) groups is 2. The number of nitrogens with one attached hydrogen (secondary N) is 2. The van der Waals surface area contributed by atoms with Crippen molar-refractivity contribution in [2.45, 2.75) is 23.1 Å². The maximum absolute atomic E-state index is 13.1. The van der Waals surface area contributed by atoms with Crippen molar-refractivity contribution < 1.29 is 39.0 Å². The van der Waals surface area contributed by atoms with Gasteiger partial charge in [0.25, 0.3) is 11.8 Å². The summed E-state index contributed by atoms with van der Waals surface area (Å²) in [5.74, 6) is -3.62. The number of oxime groups is 1. The molecule has 0 radical (unpaired) electrons. The van der Waals surface area contributed by atoms with Crippen LogP contribution in [0.3, 0.4) is 0 Å². The lowest BCUT2D eigenvalue weighted by atomic mass is 10.0. The van der Waals surface area contributed by atoms with E-state index in [-0.39, 0.29) is 45.5 Å². The predicted octanol–water partition coefficient (Wildman–Crippen LogP) is -0.780. The van der Waals surface area contributed by atoms with Gasteiger partial charge in [0.1, 0.15) is 36.0 Å². The lowest BCUT2D eigenvalue weighted by Crippen LogP contribution is -2.71. The molecule has 0 saturated carbocycles. The maximum atomic E-state index is 13.1. The van der Waals surface area contributed by atoms with Gasteiger partial charge in [0.05, 0.1) is 0 Å². The molecule has 1 fully saturated rings. The highest BCUT2D eigenvalue weighted by Crippen LogP contribution is 2.41. The van der Waals surface area contributed by atoms with E-state index in [2.05, 4.69) is 42.9 Å². The third-order valence-electron chi connectivity index (χ3n) is 5.19. The Kier molecular flexibility index (Phi) is 9.11. The SMILES string of the molecule is C=CCON=C(C(=O)NC1C(=O)N2C(C(=O)O)=C(CSc3nnnn3CC(=O)O)CS[C@@H]12)c1csc(NC=O)n1. The number of amides is 3. The number of aromatic nitrogens is 5. The van der Waals surface area contributed by atoms with E-state index in [4.69, 9.17) is 9.94 Å². The van der Waals surface area contributed by atoms with Crippen LogP contribution in [0.15, 0.2) is 39.6 Å². The second-order valence-corrected chi connectivity index (χ2v) is 10.6. The second-order valence-electron chi connectivity index (χ2n) is 7.74. The summed E-state index contributed by atoms with van der Waals surface area (Å²) in [4.78, 5) is 70.2. The van der Waals surface area contributed by atoms with Gasteiger partial charge in [-0.1, -0.05) is 29.6 Å². The quantitative estimate of drug-likeness (QED) is 0.0392. The molecule has 1 unspecified atom stereocenters. The first-order chi connectivity index (χ1) is 19.2. The zero-order chi connectivity index (χ0) is 28.8. The van der Waals surface area contributed by atoms with Gasteiger partial charge in [-0.2, -0.15) is 0 Å². The lowest BCUT2D eigenvalue weighted by Gasteiger charge is -2.49. The first kappa shape index (κ1) is 28.7. The van der Waals surface area contributed by atoms with Gasteiger partial charge in [0, 0.05) is 16.9 Å². The molecule has 4 rings (SSSR count). The number of rotatable bonds is 14. The largest absolute Gasteiger partial charge is 0.480 e. The topological polar surface area (TPSA) is 231 Å². The summed E-state index contributed by atoms with van der Waals surface area (Å²) in [5, 5.41) is 39.5. The Morgan fingerprint density at radius 3 is 2.85 bits per heavy atom. The van der Waals surface area contributed by atoms with E-state index in [1.54, 1.807) is 0 Å². The Hall–Kier alpha value is -4.30. The number of carboxylic acid groups (broad SMARTS) is 2. The number of hydrogen-bond acceptors (Lipinski definition) is 14.